The molecular weight excluding hydrogens is 416 g/mol. The number of nitrogens with one attached hydrogen (secondary N) is 1. The van der Waals surface area contributed by atoms with E-state index >= 15 is 0 Å². The molecule has 2 aromatic carbocycles. The number of carbonyl (C=O) groups excluding carboxylic acids is 2. The fourth-order valence-corrected chi connectivity index (χ4v) is 3.84. The fourth-order valence-electron chi connectivity index (χ4n) is 3.71. The van der Waals surface area contributed by atoms with Crippen LogP contribution in [0.5, 0.6) is 0 Å². The third-order valence-electron chi connectivity index (χ3n) is 5.26. The first-order chi connectivity index (χ1) is 14.8. The molecule has 0 bridgehead atoms. The van der Waals surface area contributed by atoms with Gasteiger partial charge in [-0.15, -0.1) is 0 Å². The van der Waals surface area contributed by atoms with E-state index in [2.05, 4.69) is 10.4 Å². The quantitative estimate of drug-likeness (QED) is 0.676. The number of fused-ring (bicyclic) bond motifs is 1. The van der Waals surface area contributed by atoms with Gasteiger partial charge in [0.05, 0.1) is 5.69 Å². The van der Waals surface area contributed by atoms with Crippen LogP contribution in [-0.2, 0) is 16.0 Å². The van der Waals surface area contributed by atoms with Gasteiger partial charge in [0.15, 0.2) is 0 Å². The van der Waals surface area contributed by atoms with E-state index in [1.165, 1.54) is 13.0 Å². The van der Waals surface area contributed by atoms with Crippen LogP contribution in [0.1, 0.15) is 25.5 Å². The maximum absolute atomic E-state index is 13.3. The summed E-state index contributed by atoms with van der Waals surface area (Å²) in [6.07, 6.45) is 0.763. The van der Waals surface area contributed by atoms with Crippen molar-refractivity contribution in [3.05, 3.63) is 75.5 Å². The van der Waals surface area contributed by atoms with E-state index in [9.17, 15) is 14.4 Å². The van der Waals surface area contributed by atoms with Gasteiger partial charge in [-0.2, -0.15) is 5.10 Å². The lowest BCUT2D eigenvalue weighted by Gasteiger charge is -2.23. The molecule has 8 heteroatoms. The number of amides is 2. The Labute approximate surface area is 184 Å². The van der Waals surface area contributed by atoms with Gasteiger partial charge in [-0.05, 0) is 43.2 Å². The minimum Gasteiger partial charge on any atom is -0.322 e. The highest BCUT2D eigenvalue weighted by atomic mass is 35.5. The van der Waals surface area contributed by atoms with Crippen LogP contribution in [0.15, 0.2) is 59.4 Å². The topological polar surface area (TPSA) is 84.3 Å². The van der Waals surface area contributed by atoms with Crippen molar-refractivity contribution in [1.82, 2.24) is 9.78 Å². The Morgan fingerprint density at radius 2 is 1.84 bits per heavy atom. The van der Waals surface area contributed by atoms with Gasteiger partial charge < -0.3 is 10.2 Å². The first-order valence-corrected chi connectivity index (χ1v) is 10.3. The van der Waals surface area contributed by atoms with E-state index < -0.39 is 11.6 Å². The molecule has 7 nitrogen and oxygen atoms in total. The van der Waals surface area contributed by atoms with Crippen LogP contribution < -0.4 is 15.8 Å². The molecule has 0 aliphatic carbocycles. The van der Waals surface area contributed by atoms with Gasteiger partial charge in [0.1, 0.15) is 11.7 Å². The lowest BCUT2D eigenvalue weighted by molar-refractivity contribution is -0.121. The van der Waals surface area contributed by atoms with E-state index in [1.807, 2.05) is 24.3 Å². The third kappa shape index (κ3) is 4.09. The Morgan fingerprint density at radius 3 is 2.55 bits per heavy atom. The predicted octanol–water partition coefficient (Wildman–Crippen LogP) is 3.67. The standard InChI is InChI=1S/C23H21ClN4O3/c1-14(22(30)27-12-11-17-5-3-4-6-21(17)27)28-23(31)20(25-15(2)29)13-19(26-28)16-7-9-18(24)10-8-16/h3-10,13-14H,11-12H2,1-2H3,(H,25,29). The van der Waals surface area contributed by atoms with E-state index in [4.69, 9.17) is 11.6 Å². The normalized spacial score (nSPS) is 13.6. The Bertz CT molecular complexity index is 1220. The number of carbonyl (C=O) groups is 2. The molecule has 0 fully saturated rings. The Balaban J connectivity index is 1.76. The molecule has 1 aromatic heterocycles. The maximum atomic E-state index is 13.3. The molecule has 31 heavy (non-hydrogen) atoms. The molecule has 1 aliphatic rings. The molecule has 1 unspecified atom stereocenters. The second-order valence-corrected chi connectivity index (χ2v) is 7.86. The summed E-state index contributed by atoms with van der Waals surface area (Å²) < 4.78 is 1.14. The Kier molecular flexibility index (Phi) is 5.61. The summed E-state index contributed by atoms with van der Waals surface area (Å²) in [5, 5.41) is 7.57. The predicted molar refractivity (Wildman–Crippen MR) is 120 cm³/mol. The van der Waals surface area contributed by atoms with Crippen molar-refractivity contribution in [1.29, 1.82) is 0 Å². The van der Waals surface area contributed by atoms with Crippen molar-refractivity contribution in [3.63, 3.8) is 0 Å². The first kappa shape index (κ1) is 20.8. The lowest BCUT2D eigenvalue weighted by atomic mass is 10.1. The molecule has 2 heterocycles. The zero-order chi connectivity index (χ0) is 22.1. The lowest BCUT2D eigenvalue weighted by Crippen LogP contribution is -2.40. The van der Waals surface area contributed by atoms with Gasteiger partial charge in [-0.1, -0.05) is 41.9 Å². The number of benzene rings is 2. The second kappa shape index (κ2) is 8.35. The van der Waals surface area contributed by atoms with Crippen LogP contribution in [0.25, 0.3) is 11.3 Å². The van der Waals surface area contributed by atoms with E-state index in [-0.39, 0.29) is 17.5 Å². The molecule has 158 valence electrons. The smallest absolute Gasteiger partial charge is 0.291 e. The molecule has 0 radical (unpaired) electrons. The molecule has 1 atom stereocenters. The van der Waals surface area contributed by atoms with Crippen molar-refractivity contribution in [3.8, 4) is 11.3 Å². The largest absolute Gasteiger partial charge is 0.322 e. The first-order valence-electron chi connectivity index (χ1n) is 9.92. The zero-order valence-corrected chi connectivity index (χ0v) is 17.9. The van der Waals surface area contributed by atoms with Crippen molar-refractivity contribution in [2.24, 2.45) is 0 Å². The highest BCUT2D eigenvalue weighted by Crippen LogP contribution is 2.29. The molecule has 0 spiro atoms. The molecule has 0 saturated heterocycles. The molecule has 4 rings (SSSR count). The number of aromatic nitrogens is 2. The highest BCUT2D eigenvalue weighted by Gasteiger charge is 2.30. The van der Waals surface area contributed by atoms with Crippen LogP contribution in [-0.4, -0.2) is 28.1 Å². The van der Waals surface area contributed by atoms with Gasteiger partial charge in [-0.25, -0.2) is 4.68 Å². The number of nitrogens with zero attached hydrogens (tertiary/aromatic N) is 3. The molecule has 0 saturated carbocycles. The maximum Gasteiger partial charge on any atom is 0.291 e. The van der Waals surface area contributed by atoms with Crippen molar-refractivity contribution in [2.45, 2.75) is 26.3 Å². The number of anilines is 2. The summed E-state index contributed by atoms with van der Waals surface area (Å²) >= 11 is 5.98. The van der Waals surface area contributed by atoms with Gasteiger partial charge in [0.2, 0.25) is 5.91 Å². The average molecular weight is 437 g/mol. The van der Waals surface area contributed by atoms with Crippen molar-refractivity contribution >= 4 is 34.8 Å². The molecule has 1 N–H and O–H groups in total. The summed E-state index contributed by atoms with van der Waals surface area (Å²) in [5.74, 6) is -0.620. The van der Waals surface area contributed by atoms with Gasteiger partial charge >= 0.3 is 0 Å². The summed E-state index contributed by atoms with van der Waals surface area (Å²) in [4.78, 5) is 39.7. The average Bonchev–Trinajstić information content (AvgIpc) is 3.18. The van der Waals surface area contributed by atoms with Gasteiger partial charge in [0, 0.05) is 29.7 Å². The number of halogens is 1. The van der Waals surface area contributed by atoms with Crippen LogP contribution in [0, 0.1) is 0 Å². The summed E-state index contributed by atoms with van der Waals surface area (Å²) in [5.41, 5.74) is 2.62. The summed E-state index contributed by atoms with van der Waals surface area (Å²) in [6, 6.07) is 15.3. The van der Waals surface area contributed by atoms with Crippen molar-refractivity contribution in [2.75, 3.05) is 16.8 Å². The SMILES string of the molecule is CC(=O)Nc1cc(-c2ccc(Cl)cc2)nn(C(C)C(=O)N2CCc3ccccc32)c1=O. The number of hydrogen-bond acceptors (Lipinski definition) is 4. The van der Waals surface area contributed by atoms with Crippen LogP contribution in [0.4, 0.5) is 11.4 Å². The van der Waals surface area contributed by atoms with E-state index in [1.54, 1.807) is 36.1 Å². The highest BCUT2D eigenvalue weighted by molar-refractivity contribution is 6.30. The van der Waals surface area contributed by atoms with E-state index in [0.29, 0.717) is 22.8 Å². The van der Waals surface area contributed by atoms with Crippen LogP contribution >= 0.6 is 11.6 Å². The summed E-state index contributed by atoms with van der Waals surface area (Å²) in [6.45, 7) is 3.51. The fraction of sp³-hybridized carbons (Fsp3) is 0.217. The Morgan fingerprint density at radius 1 is 1.13 bits per heavy atom. The molecule has 3 aromatic rings. The number of hydrogen-bond donors (Lipinski definition) is 1. The molecular formula is C23H21ClN4O3. The monoisotopic (exact) mass is 436 g/mol. The van der Waals surface area contributed by atoms with E-state index in [0.717, 1.165) is 22.4 Å². The number of rotatable bonds is 4. The Hall–Kier alpha value is -3.45. The van der Waals surface area contributed by atoms with Crippen molar-refractivity contribution < 1.29 is 9.59 Å². The second-order valence-electron chi connectivity index (χ2n) is 7.43. The van der Waals surface area contributed by atoms with Gasteiger partial charge in [-0.3, -0.25) is 14.4 Å². The van der Waals surface area contributed by atoms with Gasteiger partial charge in [0.25, 0.3) is 11.5 Å². The minimum atomic E-state index is -0.863. The number of para-hydroxylation sites is 1. The molecule has 1 aliphatic heterocycles. The van der Waals surface area contributed by atoms with Crippen LogP contribution in [0.3, 0.4) is 0 Å². The summed E-state index contributed by atoms with van der Waals surface area (Å²) in [7, 11) is 0. The third-order valence-corrected chi connectivity index (χ3v) is 5.52. The molecule has 2 amide bonds. The van der Waals surface area contributed by atoms with Crippen LogP contribution in [0.2, 0.25) is 5.02 Å². The minimum absolute atomic E-state index is 0.0638. The zero-order valence-electron chi connectivity index (χ0n) is 17.1.